The highest BCUT2D eigenvalue weighted by atomic mass is 16.2. The zero-order valence-corrected chi connectivity index (χ0v) is 17.8. The van der Waals surface area contributed by atoms with Gasteiger partial charge in [0.1, 0.15) is 0 Å². The summed E-state index contributed by atoms with van der Waals surface area (Å²) in [4.78, 5) is 24.4. The van der Waals surface area contributed by atoms with Gasteiger partial charge in [-0.1, -0.05) is 67.1 Å². The molecule has 4 heteroatoms. The summed E-state index contributed by atoms with van der Waals surface area (Å²) in [5.74, 6) is 1.31. The van der Waals surface area contributed by atoms with Crippen LogP contribution in [0.25, 0.3) is 0 Å². The van der Waals surface area contributed by atoms with Crippen LogP contribution in [0.5, 0.6) is 0 Å². The van der Waals surface area contributed by atoms with Gasteiger partial charge in [-0.2, -0.15) is 0 Å². The molecule has 1 aliphatic carbocycles. The highest BCUT2D eigenvalue weighted by molar-refractivity contribution is 5.76. The van der Waals surface area contributed by atoms with E-state index >= 15 is 0 Å². The van der Waals surface area contributed by atoms with Crippen LogP contribution >= 0.6 is 0 Å². The summed E-state index contributed by atoms with van der Waals surface area (Å²) in [7, 11) is 0. The van der Waals surface area contributed by atoms with Crippen LogP contribution in [-0.4, -0.2) is 24.9 Å². The SMILES string of the molecule is O=C(CCc1ccccc1)NC[C@H]1CCC[C@H](CNC(=O)CCc2ccccc2)C1. The maximum atomic E-state index is 12.2. The van der Waals surface area contributed by atoms with Gasteiger partial charge in [-0.15, -0.1) is 0 Å². The minimum atomic E-state index is 0.134. The molecule has 3 rings (SSSR count). The molecule has 0 aromatic heterocycles. The van der Waals surface area contributed by atoms with Crippen molar-refractivity contribution in [1.29, 1.82) is 0 Å². The van der Waals surface area contributed by atoms with Crippen molar-refractivity contribution in [2.24, 2.45) is 11.8 Å². The fourth-order valence-electron chi connectivity index (χ4n) is 4.27. The number of amides is 2. The van der Waals surface area contributed by atoms with E-state index in [2.05, 4.69) is 34.9 Å². The van der Waals surface area contributed by atoms with Crippen molar-refractivity contribution in [3.63, 3.8) is 0 Å². The van der Waals surface area contributed by atoms with Gasteiger partial charge in [-0.25, -0.2) is 0 Å². The van der Waals surface area contributed by atoms with E-state index in [0.717, 1.165) is 45.2 Å². The molecule has 1 saturated carbocycles. The number of benzene rings is 2. The minimum Gasteiger partial charge on any atom is -0.356 e. The molecule has 4 nitrogen and oxygen atoms in total. The van der Waals surface area contributed by atoms with Gasteiger partial charge < -0.3 is 10.6 Å². The average Bonchev–Trinajstić information content (AvgIpc) is 2.80. The molecule has 0 aliphatic heterocycles. The average molecular weight is 407 g/mol. The summed E-state index contributed by atoms with van der Waals surface area (Å²) >= 11 is 0. The lowest BCUT2D eigenvalue weighted by Gasteiger charge is -2.29. The van der Waals surface area contributed by atoms with Gasteiger partial charge in [-0.3, -0.25) is 9.59 Å². The molecule has 0 heterocycles. The summed E-state index contributed by atoms with van der Waals surface area (Å²) in [6, 6.07) is 20.3. The molecule has 2 N–H and O–H groups in total. The van der Waals surface area contributed by atoms with Crippen LogP contribution in [0.3, 0.4) is 0 Å². The number of carbonyl (C=O) groups excluding carboxylic acids is 2. The van der Waals surface area contributed by atoms with Gasteiger partial charge in [0.25, 0.3) is 0 Å². The Bertz CT molecular complexity index is 711. The second kappa shape index (κ2) is 12.2. The highest BCUT2D eigenvalue weighted by Crippen LogP contribution is 2.28. The topological polar surface area (TPSA) is 58.2 Å². The van der Waals surface area contributed by atoms with E-state index in [9.17, 15) is 9.59 Å². The molecule has 0 bridgehead atoms. The van der Waals surface area contributed by atoms with Gasteiger partial charge in [0.05, 0.1) is 0 Å². The van der Waals surface area contributed by atoms with Crippen LogP contribution in [0, 0.1) is 11.8 Å². The van der Waals surface area contributed by atoms with Crippen molar-refractivity contribution < 1.29 is 9.59 Å². The van der Waals surface area contributed by atoms with Crippen LogP contribution in [0.15, 0.2) is 60.7 Å². The lowest BCUT2D eigenvalue weighted by atomic mass is 9.81. The van der Waals surface area contributed by atoms with Gasteiger partial charge in [0, 0.05) is 25.9 Å². The number of hydrogen-bond acceptors (Lipinski definition) is 2. The lowest BCUT2D eigenvalue weighted by molar-refractivity contribution is -0.121. The predicted octanol–water partition coefficient (Wildman–Crippen LogP) is 4.29. The summed E-state index contributed by atoms with van der Waals surface area (Å²) < 4.78 is 0. The van der Waals surface area contributed by atoms with E-state index in [0.29, 0.717) is 24.7 Å². The van der Waals surface area contributed by atoms with Crippen LogP contribution in [-0.2, 0) is 22.4 Å². The quantitative estimate of drug-likeness (QED) is 0.618. The molecule has 2 aromatic carbocycles. The van der Waals surface area contributed by atoms with Crippen molar-refractivity contribution >= 4 is 11.8 Å². The smallest absolute Gasteiger partial charge is 0.220 e. The lowest BCUT2D eigenvalue weighted by Crippen LogP contribution is -2.35. The van der Waals surface area contributed by atoms with Crippen LogP contribution in [0.4, 0.5) is 0 Å². The summed E-state index contributed by atoms with van der Waals surface area (Å²) in [5.41, 5.74) is 2.40. The molecule has 0 spiro atoms. The third-order valence-corrected chi connectivity index (χ3v) is 6.03. The minimum absolute atomic E-state index is 0.134. The van der Waals surface area contributed by atoms with Crippen molar-refractivity contribution in [2.75, 3.05) is 13.1 Å². The van der Waals surface area contributed by atoms with Gasteiger partial charge in [-0.05, 0) is 55.1 Å². The van der Waals surface area contributed by atoms with Gasteiger partial charge in [0.15, 0.2) is 0 Å². The van der Waals surface area contributed by atoms with Gasteiger partial charge in [0.2, 0.25) is 11.8 Å². The third-order valence-electron chi connectivity index (χ3n) is 6.03. The highest BCUT2D eigenvalue weighted by Gasteiger charge is 2.22. The molecule has 1 fully saturated rings. The maximum Gasteiger partial charge on any atom is 0.220 e. The van der Waals surface area contributed by atoms with Crippen molar-refractivity contribution in [2.45, 2.75) is 51.4 Å². The number of rotatable bonds is 10. The van der Waals surface area contributed by atoms with Crippen molar-refractivity contribution in [1.82, 2.24) is 10.6 Å². The Balaban J connectivity index is 1.29. The van der Waals surface area contributed by atoms with E-state index in [4.69, 9.17) is 0 Å². The number of carbonyl (C=O) groups is 2. The normalized spacial score (nSPS) is 18.5. The maximum absolute atomic E-state index is 12.2. The molecule has 2 amide bonds. The zero-order valence-electron chi connectivity index (χ0n) is 17.8. The molecule has 0 radical (unpaired) electrons. The number of nitrogens with one attached hydrogen (secondary N) is 2. The predicted molar refractivity (Wildman–Crippen MR) is 121 cm³/mol. The zero-order chi connectivity index (χ0) is 21.0. The summed E-state index contributed by atoms with van der Waals surface area (Å²) in [6.45, 7) is 1.51. The van der Waals surface area contributed by atoms with E-state index in [1.807, 2.05) is 36.4 Å². The molecule has 2 aromatic rings. The van der Waals surface area contributed by atoms with Crippen LogP contribution in [0.1, 0.15) is 49.7 Å². The summed E-state index contributed by atoms with van der Waals surface area (Å²) in [6.07, 6.45) is 7.24. The summed E-state index contributed by atoms with van der Waals surface area (Å²) in [5, 5.41) is 6.24. The Labute approximate surface area is 180 Å². The Morgan fingerprint density at radius 2 is 1.13 bits per heavy atom. The van der Waals surface area contributed by atoms with E-state index in [-0.39, 0.29) is 11.8 Å². The number of hydrogen-bond donors (Lipinski definition) is 2. The van der Waals surface area contributed by atoms with Crippen molar-refractivity contribution in [3.05, 3.63) is 71.8 Å². The number of aryl methyl sites for hydroxylation is 2. The Kier molecular flexibility index (Phi) is 8.95. The molecule has 160 valence electrons. The van der Waals surface area contributed by atoms with Crippen molar-refractivity contribution in [3.8, 4) is 0 Å². The van der Waals surface area contributed by atoms with Crippen LogP contribution in [0.2, 0.25) is 0 Å². The standard InChI is InChI=1S/C26H34N2O2/c29-25(16-14-21-8-3-1-4-9-21)27-19-23-12-7-13-24(18-23)20-28-26(30)17-15-22-10-5-2-6-11-22/h1-6,8-11,23-24H,7,12-20H2,(H,27,29)(H,28,30)/t23-,24-/m0/s1. The largest absolute Gasteiger partial charge is 0.356 e. The Morgan fingerprint density at radius 1 is 0.700 bits per heavy atom. The fourth-order valence-corrected chi connectivity index (χ4v) is 4.27. The first-order valence-corrected chi connectivity index (χ1v) is 11.3. The fraction of sp³-hybridized carbons (Fsp3) is 0.462. The first-order valence-electron chi connectivity index (χ1n) is 11.3. The third kappa shape index (κ3) is 8.02. The van der Waals surface area contributed by atoms with Gasteiger partial charge >= 0.3 is 0 Å². The second-order valence-corrected chi connectivity index (χ2v) is 8.48. The molecule has 0 saturated heterocycles. The van der Waals surface area contributed by atoms with E-state index < -0.39 is 0 Å². The van der Waals surface area contributed by atoms with Crippen LogP contribution < -0.4 is 10.6 Å². The second-order valence-electron chi connectivity index (χ2n) is 8.48. The van der Waals surface area contributed by atoms with E-state index in [1.165, 1.54) is 17.5 Å². The first-order chi connectivity index (χ1) is 14.7. The molecule has 1 aliphatic rings. The molecule has 2 atom stereocenters. The molecule has 30 heavy (non-hydrogen) atoms. The molecule has 0 unspecified atom stereocenters. The monoisotopic (exact) mass is 406 g/mol. The molecular formula is C26H34N2O2. The first kappa shape index (κ1) is 22.1. The van der Waals surface area contributed by atoms with E-state index in [1.54, 1.807) is 0 Å². The Morgan fingerprint density at radius 3 is 1.57 bits per heavy atom. The Hall–Kier alpha value is -2.62. The molecular weight excluding hydrogens is 372 g/mol.